The van der Waals surface area contributed by atoms with Crippen LogP contribution in [0.1, 0.15) is 17.3 Å². The number of rotatable bonds is 7. The summed E-state index contributed by atoms with van der Waals surface area (Å²) in [5.74, 6) is -0.428. The fourth-order valence-corrected chi connectivity index (χ4v) is 5.54. The molecule has 1 fully saturated rings. The Balaban J connectivity index is 1.55. The summed E-state index contributed by atoms with van der Waals surface area (Å²) in [6, 6.07) is 17.3. The van der Waals surface area contributed by atoms with Crippen LogP contribution in [-0.2, 0) is 10.0 Å². The second kappa shape index (κ2) is 10.6. The summed E-state index contributed by atoms with van der Waals surface area (Å²) in [5.41, 5.74) is 1.02. The number of nitrogens with one attached hydrogen (secondary N) is 1. The molecule has 3 aromatic rings. The lowest BCUT2D eigenvalue weighted by Crippen LogP contribution is -2.48. The van der Waals surface area contributed by atoms with Crippen molar-refractivity contribution in [1.82, 2.24) is 4.31 Å². The molecule has 0 atom stereocenters. The fraction of sp³-hybridized carbons (Fsp3) is 0.240. The Kier molecular flexibility index (Phi) is 7.59. The number of amides is 1. The predicted molar refractivity (Wildman–Crippen MR) is 134 cm³/mol. The highest BCUT2D eigenvalue weighted by molar-refractivity contribution is 7.89. The Bertz CT molecular complexity index is 1330. The molecule has 1 amide bonds. The van der Waals surface area contributed by atoms with Crippen LogP contribution in [0.2, 0.25) is 5.02 Å². The van der Waals surface area contributed by atoms with Gasteiger partial charge in [0.2, 0.25) is 10.0 Å². The summed E-state index contributed by atoms with van der Waals surface area (Å²) < 4.78 is 47.9. The number of hydrogen-bond acceptors (Lipinski definition) is 5. The molecule has 1 N–H and O–H groups in total. The lowest BCUT2D eigenvalue weighted by molar-refractivity contribution is 0.102. The Labute approximate surface area is 209 Å². The topological polar surface area (TPSA) is 79.0 Å². The smallest absolute Gasteiger partial charge is 0.255 e. The van der Waals surface area contributed by atoms with Crippen molar-refractivity contribution < 1.29 is 22.3 Å². The first-order valence-electron chi connectivity index (χ1n) is 11.1. The molecule has 0 aliphatic carbocycles. The van der Waals surface area contributed by atoms with E-state index in [-0.39, 0.29) is 29.5 Å². The van der Waals surface area contributed by atoms with Crippen molar-refractivity contribution in [3.63, 3.8) is 0 Å². The molecule has 0 bridgehead atoms. The number of para-hydroxylation sites is 1. The number of hydrogen-bond donors (Lipinski definition) is 1. The van der Waals surface area contributed by atoms with Crippen LogP contribution in [-0.4, -0.2) is 51.4 Å². The van der Waals surface area contributed by atoms with E-state index in [9.17, 15) is 17.6 Å². The predicted octanol–water partition coefficient (Wildman–Crippen LogP) is 4.64. The van der Waals surface area contributed by atoms with E-state index in [1.54, 1.807) is 43.3 Å². The van der Waals surface area contributed by atoms with E-state index >= 15 is 0 Å². The van der Waals surface area contributed by atoms with Gasteiger partial charge in [-0.25, -0.2) is 12.8 Å². The molecule has 0 spiro atoms. The van der Waals surface area contributed by atoms with Gasteiger partial charge >= 0.3 is 0 Å². The molecule has 7 nitrogen and oxygen atoms in total. The highest BCUT2D eigenvalue weighted by Gasteiger charge is 2.30. The molecule has 0 unspecified atom stereocenters. The van der Waals surface area contributed by atoms with Crippen molar-refractivity contribution in [3.8, 4) is 5.75 Å². The van der Waals surface area contributed by atoms with Gasteiger partial charge in [0, 0.05) is 36.8 Å². The van der Waals surface area contributed by atoms with Gasteiger partial charge in [0.15, 0.2) is 0 Å². The minimum Gasteiger partial charge on any atom is -0.492 e. The van der Waals surface area contributed by atoms with Gasteiger partial charge in [-0.3, -0.25) is 4.79 Å². The van der Waals surface area contributed by atoms with E-state index in [0.29, 0.717) is 41.7 Å². The van der Waals surface area contributed by atoms with Gasteiger partial charge in [-0.05, 0) is 55.5 Å². The van der Waals surface area contributed by atoms with E-state index in [1.807, 2.05) is 4.90 Å². The van der Waals surface area contributed by atoms with Crippen LogP contribution in [0, 0.1) is 5.82 Å². The fourth-order valence-electron chi connectivity index (χ4n) is 3.90. The Morgan fingerprint density at radius 1 is 1.03 bits per heavy atom. The zero-order valence-electron chi connectivity index (χ0n) is 19.1. The third-order valence-electron chi connectivity index (χ3n) is 5.66. The maximum absolute atomic E-state index is 14.1. The monoisotopic (exact) mass is 517 g/mol. The Morgan fingerprint density at radius 2 is 1.77 bits per heavy atom. The van der Waals surface area contributed by atoms with E-state index in [0.717, 1.165) is 0 Å². The highest BCUT2D eigenvalue weighted by Crippen LogP contribution is 2.31. The summed E-state index contributed by atoms with van der Waals surface area (Å²) in [6.07, 6.45) is 0. The maximum Gasteiger partial charge on any atom is 0.255 e. The van der Waals surface area contributed by atoms with Gasteiger partial charge in [0.25, 0.3) is 5.91 Å². The molecule has 1 heterocycles. The van der Waals surface area contributed by atoms with E-state index in [1.165, 1.54) is 34.6 Å². The number of ether oxygens (including phenoxy) is 1. The number of sulfonamides is 1. The van der Waals surface area contributed by atoms with Gasteiger partial charge in [0.1, 0.15) is 11.6 Å². The molecular formula is C25H25ClFN3O4S. The highest BCUT2D eigenvalue weighted by atomic mass is 35.5. The second-order valence-corrected chi connectivity index (χ2v) is 10.3. The number of piperazine rings is 1. The SMILES string of the molecule is CCOc1ccc(S(=O)(=O)N2CCN(c3ccccc3F)CC2)cc1NC(=O)c1cccc(Cl)c1. The lowest BCUT2D eigenvalue weighted by atomic mass is 10.2. The average molecular weight is 518 g/mol. The molecule has 1 aliphatic rings. The van der Waals surface area contributed by atoms with Crippen molar-refractivity contribution in [3.05, 3.63) is 83.1 Å². The van der Waals surface area contributed by atoms with Crippen LogP contribution in [0.15, 0.2) is 71.6 Å². The molecule has 35 heavy (non-hydrogen) atoms. The summed E-state index contributed by atoms with van der Waals surface area (Å²) in [6.45, 7) is 3.25. The van der Waals surface area contributed by atoms with Gasteiger partial charge in [-0.1, -0.05) is 29.8 Å². The van der Waals surface area contributed by atoms with Crippen LogP contribution in [0.4, 0.5) is 15.8 Å². The maximum atomic E-state index is 14.1. The molecule has 0 saturated carbocycles. The minimum absolute atomic E-state index is 0.0293. The van der Waals surface area contributed by atoms with Crippen molar-refractivity contribution in [1.29, 1.82) is 0 Å². The third kappa shape index (κ3) is 5.58. The van der Waals surface area contributed by atoms with Gasteiger partial charge in [0.05, 0.1) is 22.9 Å². The molecule has 10 heteroatoms. The molecule has 1 aliphatic heterocycles. The van der Waals surface area contributed by atoms with Gasteiger partial charge in [-0.2, -0.15) is 4.31 Å². The first-order valence-corrected chi connectivity index (χ1v) is 12.9. The van der Waals surface area contributed by atoms with E-state index in [4.69, 9.17) is 16.3 Å². The molecular weight excluding hydrogens is 493 g/mol. The summed E-state index contributed by atoms with van der Waals surface area (Å²) in [5, 5.41) is 3.14. The molecule has 0 radical (unpaired) electrons. The van der Waals surface area contributed by atoms with Crippen molar-refractivity contribution in [2.24, 2.45) is 0 Å². The summed E-state index contributed by atoms with van der Waals surface area (Å²) >= 11 is 5.99. The molecule has 3 aromatic carbocycles. The molecule has 184 valence electrons. The second-order valence-electron chi connectivity index (χ2n) is 7.90. The quantitative estimate of drug-likeness (QED) is 0.494. The summed E-state index contributed by atoms with van der Waals surface area (Å²) in [4.78, 5) is 14.6. The van der Waals surface area contributed by atoms with Crippen molar-refractivity contribution in [2.45, 2.75) is 11.8 Å². The number of halogens is 2. The number of nitrogens with zero attached hydrogens (tertiary/aromatic N) is 2. The van der Waals surface area contributed by atoms with Gasteiger partial charge < -0.3 is 15.0 Å². The Morgan fingerprint density at radius 3 is 2.46 bits per heavy atom. The number of anilines is 2. The largest absolute Gasteiger partial charge is 0.492 e. The van der Waals surface area contributed by atoms with Gasteiger partial charge in [-0.15, -0.1) is 0 Å². The first-order chi connectivity index (χ1) is 16.8. The number of carbonyl (C=O) groups excluding carboxylic acids is 1. The molecule has 4 rings (SSSR count). The van der Waals surface area contributed by atoms with Crippen LogP contribution < -0.4 is 15.0 Å². The van der Waals surface area contributed by atoms with Crippen LogP contribution in [0.5, 0.6) is 5.75 Å². The van der Waals surface area contributed by atoms with Crippen molar-refractivity contribution in [2.75, 3.05) is 43.0 Å². The Hall–Kier alpha value is -3.14. The first kappa shape index (κ1) is 25.0. The molecule has 1 saturated heterocycles. The standard InChI is InChI=1S/C25H25ClFN3O4S/c1-2-34-24-11-10-20(17-22(24)28-25(31)18-6-5-7-19(26)16-18)35(32,33)30-14-12-29(13-15-30)23-9-4-3-8-21(23)27/h3-11,16-17H,2,12-15H2,1H3,(H,28,31). The number of carbonyl (C=O) groups is 1. The van der Waals surface area contributed by atoms with Crippen molar-refractivity contribution >= 4 is 38.9 Å². The zero-order chi connectivity index (χ0) is 25.0. The van der Waals surface area contributed by atoms with E-state index in [2.05, 4.69) is 5.32 Å². The normalized spacial score (nSPS) is 14.5. The van der Waals surface area contributed by atoms with E-state index < -0.39 is 15.9 Å². The third-order valence-corrected chi connectivity index (χ3v) is 7.79. The molecule has 0 aromatic heterocycles. The lowest BCUT2D eigenvalue weighted by Gasteiger charge is -2.35. The van der Waals surface area contributed by atoms with Crippen LogP contribution in [0.25, 0.3) is 0 Å². The van der Waals surface area contributed by atoms with Crippen LogP contribution in [0.3, 0.4) is 0 Å². The number of benzene rings is 3. The minimum atomic E-state index is -3.85. The summed E-state index contributed by atoms with van der Waals surface area (Å²) in [7, 11) is -3.85. The zero-order valence-corrected chi connectivity index (χ0v) is 20.7. The van der Waals surface area contributed by atoms with Crippen LogP contribution >= 0.6 is 11.6 Å². The average Bonchev–Trinajstić information content (AvgIpc) is 2.85.